The Bertz CT molecular complexity index is 561. The van der Waals surface area contributed by atoms with E-state index in [9.17, 15) is 4.79 Å². The maximum Gasteiger partial charge on any atom is 0.325 e. The average molecular weight is 257 g/mol. The summed E-state index contributed by atoms with van der Waals surface area (Å²) in [6, 6.07) is 13.4. The summed E-state index contributed by atoms with van der Waals surface area (Å²) in [5.74, 6) is 0.332. The van der Waals surface area contributed by atoms with E-state index in [1.165, 1.54) is 0 Å². The quantitative estimate of drug-likeness (QED) is 0.883. The van der Waals surface area contributed by atoms with Crippen molar-refractivity contribution < 1.29 is 14.6 Å². The number of rotatable bonds is 4. The summed E-state index contributed by atoms with van der Waals surface area (Å²) in [6.07, 6.45) is 0. The molecule has 2 rings (SSSR count). The summed E-state index contributed by atoms with van der Waals surface area (Å²) in [5, 5.41) is 8.81. The fraction of sp³-hybridized carbons (Fsp3) is 0.133. The number of carbonyl (C=O) groups is 1. The van der Waals surface area contributed by atoms with Crippen LogP contribution in [0.2, 0.25) is 0 Å². The van der Waals surface area contributed by atoms with Crippen LogP contribution in [0, 0.1) is 6.92 Å². The van der Waals surface area contributed by atoms with Gasteiger partial charge in [0.15, 0.2) is 0 Å². The lowest BCUT2D eigenvalue weighted by Gasteiger charge is -2.09. The van der Waals surface area contributed by atoms with Gasteiger partial charge in [0.25, 0.3) is 0 Å². The zero-order valence-corrected chi connectivity index (χ0v) is 10.5. The maximum atomic E-state index is 10.8. The van der Waals surface area contributed by atoms with Crippen molar-refractivity contribution in [2.24, 2.45) is 5.73 Å². The van der Waals surface area contributed by atoms with Crippen LogP contribution in [0.4, 0.5) is 0 Å². The van der Waals surface area contributed by atoms with Gasteiger partial charge in [-0.1, -0.05) is 29.8 Å². The fourth-order valence-electron chi connectivity index (χ4n) is 1.63. The average Bonchev–Trinajstić information content (AvgIpc) is 2.41. The van der Waals surface area contributed by atoms with Gasteiger partial charge >= 0.3 is 5.97 Å². The molecule has 0 saturated heterocycles. The molecule has 0 bridgehead atoms. The Balaban J connectivity index is 2.10. The third kappa shape index (κ3) is 3.33. The van der Waals surface area contributed by atoms with Gasteiger partial charge in [0, 0.05) is 0 Å². The zero-order valence-electron chi connectivity index (χ0n) is 10.5. The van der Waals surface area contributed by atoms with E-state index in [1.807, 2.05) is 31.2 Å². The monoisotopic (exact) mass is 257 g/mol. The van der Waals surface area contributed by atoms with E-state index in [0.29, 0.717) is 11.3 Å². The molecule has 0 aromatic heterocycles. The molecule has 0 saturated carbocycles. The molecule has 3 N–H and O–H groups in total. The van der Waals surface area contributed by atoms with E-state index in [1.54, 1.807) is 24.3 Å². The smallest absolute Gasteiger partial charge is 0.325 e. The van der Waals surface area contributed by atoms with Crippen LogP contribution < -0.4 is 10.5 Å². The Morgan fingerprint density at radius 3 is 2.00 bits per heavy atom. The Morgan fingerprint density at radius 1 is 1.05 bits per heavy atom. The van der Waals surface area contributed by atoms with Gasteiger partial charge in [-0.3, -0.25) is 4.79 Å². The van der Waals surface area contributed by atoms with E-state index in [2.05, 4.69) is 0 Å². The third-order valence-electron chi connectivity index (χ3n) is 2.76. The van der Waals surface area contributed by atoms with Crippen LogP contribution in [-0.2, 0) is 4.79 Å². The first-order valence-electron chi connectivity index (χ1n) is 5.89. The number of hydrogen-bond donors (Lipinski definition) is 2. The standard InChI is InChI=1S/C15H15NO3/c1-10-2-6-12(7-3-10)19-13-8-4-11(5-9-13)14(16)15(17)18/h2-9,14H,16H2,1H3,(H,17,18)/t14-/m0/s1. The van der Waals surface area contributed by atoms with Gasteiger partial charge in [-0.05, 0) is 36.8 Å². The van der Waals surface area contributed by atoms with Crippen molar-refractivity contribution in [1.29, 1.82) is 0 Å². The van der Waals surface area contributed by atoms with Crippen molar-refractivity contribution in [3.05, 3.63) is 59.7 Å². The van der Waals surface area contributed by atoms with Crippen LogP contribution in [0.1, 0.15) is 17.2 Å². The summed E-state index contributed by atoms with van der Waals surface area (Å²) >= 11 is 0. The first kappa shape index (κ1) is 13.1. The number of carboxylic acids is 1. The van der Waals surface area contributed by atoms with Gasteiger partial charge in [-0.25, -0.2) is 0 Å². The molecule has 0 spiro atoms. The van der Waals surface area contributed by atoms with Crippen molar-refractivity contribution in [2.45, 2.75) is 13.0 Å². The highest BCUT2D eigenvalue weighted by Gasteiger charge is 2.13. The van der Waals surface area contributed by atoms with Crippen LogP contribution in [-0.4, -0.2) is 11.1 Å². The van der Waals surface area contributed by atoms with Gasteiger partial charge in [0.05, 0.1) is 0 Å². The molecule has 0 aliphatic carbocycles. The van der Waals surface area contributed by atoms with Crippen molar-refractivity contribution in [1.82, 2.24) is 0 Å². The molecular formula is C15H15NO3. The van der Waals surface area contributed by atoms with Gasteiger partial charge in [-0.15, -0.1) is 0 Å². The van der Waals surface area contributed by atoms with Crippen LogP contribution in [0.5, 0.6) is 11.5 Å². The van der Waals surface area contributed by atoms with E-state index in [4.69, 9.17) is 15.6 Å². The Hall–Kier alpha value is -2.33. The summed E-state index contributed by atoms with van der Waals surface area (Å²) in [4.78, 5) is 10.8. The first-order valence-corrected chi connectivity index (χ1v) is 5.89. The largest absolute Gasteiger partial charge is 0.480 e. The van der Waals surface area contributed by atoms with Gasteiger partial charge in [0.2, 0.25) is 0 Å². The molecule has 19 heavy (non-hydrogen) atoms. The lowest BCUT2D eigenvalue weighted by atomic mass is 10.1. The molecular weight excluding hydrogens is 242 g/mol. The predicted molar refractivity (Wildman–Crippen MR) is 72.3 cm³/mol. The minimum atomic E-state index is -1.05. The Labute approximate surface area is 111 Å². The molecule has 0 heterocycles. The van der Waals surface area contributed by atoms with E-state index in [0.717, 1.165) is 11.3 Å². The second kappa shape index (κ2) is 5.54. The van der Waals surface area contributed by atoms with Crippen molar-refractivity contribution in [3.63, 3.8) is 0 Å². The van der Waals surface area contributed by atoms with Crippen molar-refractivity contribution in [2.75, 3.05) is 0 Å². The molecule has 1 atom stereocenters. The van der Waals surface area contributed by atoms with Crippen LogP contribution in [0.3, 0.4) is 0 Å². The number of ether oxygens (including phenoxy) is 1. The molecule has 98 valence electrons. The van der Waals surface area contributed by atoms with Gasteiger partial charge in [0.1, 0.15) is 17.5 Å². The second-order valence-electron chi connectivity index (χ2n) is 4.30. The van der Waals surface area contributed by atoms with Crippen molar-refractivity contribution in [3.8, 4) is 11.5 Å². The molecule has 4 heteroatoms. The molecule has 0 amide bonds. The minimum Gasteiger partial charge on any atom is -0.480 e. The Morgan fingerprint density at radius 2 is 1.53 bits per heavy atom. The van der Waals surface area contributed by atoms with Gasteiger partial charge in [-0.2, -0.15) is 0 Å². The highest BCUT2D eigenvalue weighted by atomic mass is 16.5. The highest BCUT2D eigenvalue weighted by Crippen LogP contribution is 2.23. The number of benzene rings is 2. The minimum absolute atomic E-state index is 0.545. The number of carboxylic acid groups (broad SMARTS) is 1. The zero-order chi connectivity index (χ0) is 13.8. The lowest BCUT2D eigenvalue weighted by Crippen LogP contribution is -2.20. The fourth-order valence-corrected chi connectivity index (χ4v) is 1.63. The van der Waals surface area contributed by atoms with Crippen LogP contribution >= 0.6 is 0 Å². The van der Waals surface area contributed by atoms with E-state index < -0.39 is 12.0 Å². The molecule has 0 unspecified atom stereocenters. The SMILES string of the molecule is Cc1ccc(Oc2ccc([C@H](N)C(=O)O)cc2)cc1. The second-order valence-corrected chi connectivity index (χ2v) is 4.30. The van der Waals surface area contributed by atoms with Crippen molar-refractivity contribution >= 4 is 5.97 Å². The number of aryl methyl sites for hydroxylation is 1. The molecule has 4 nitrogen and oxygen atoms in total. The molecule has 0 aliphatic rings. The third-order valence-corrected chi connectivity index (χ3v) is 2.76. The molecule has 2 aromatic rings. The summed E-state index contributed by atoms with van der Waals surface area (Å²) < 4.78 is 5.64. The highest BCUT2D eigenvalue weighted by molar-refractivity contribution is 5.75. The summed E-state index contributed by atoms with van der Waals surface area (Å²) in [7, 11) is 0. The topological polar surface area (TPSA) is 72.5 Å². The maximum absolute atomic E-state index is 10.8. The van der Waals surface area contributed by atoms with Crippen LogP contribution in [0.25, 0.3) is 0 Å². The van der Waals surface area contributed by atoms with E-state index >= 15 is 0 Å². The number of nitrogens with two attached hydrogens (primary N) is 1. The molecule has 0 fully saturated rings. The Kier molecular flexibility index (Phi) is 3.82. The lowest BCUT2D eigenvalue weighted by molar-refractivity contribution is -0.138. The summed E-state index contributed by atoms with van der Waals surface area (Å²) in [6.45, 7) is 2.01. The molecule has 2 aromatic carbocycles. The van der Waals surface area contributed by atoms with E-state index in [-0.39, 0.29) is 0 Å². The molecule has 0 radical (unpaired) electrons. The van der Waals surface area contributed by atoms with Crippen LogP contribution in [0.15, 0.2) is 48.5 Å². The molecule has 0 aliphatic heterocycles. The number of aliphatic carboxylic acids is 1. The number of hydrogen-bond acceptors (Lipinski definition) is 3. The van der Waals surface area contributed by atoms with Gasteiger partial charge < -0.3 is 15.6 Å². The summed E-state index contributed by atoms with van der Waals surface area (Å²) in [5.41, 5.74) is 7.22. The first-order chi connectivity index (χ1) is 9.06. The predicted octanol–water partition coefficient (Wildman–Crippen LogP) is 2.87. The normalized spacial score (nSPS) is 11.9.